The summed E-state index contributed by atoms with van der Waals surface area (Å²) >= 11 is 5.85. The van der Waals surface area contributed by atoms with Crippen LogP contribution in [-0.2, 0) is 0 Å². The maximum absolute atomic E-state index is 11.9. The molecule has 1 rings (SSSR count). The van der Waals surface area contributed by atoms with Gasteiger partial charge < -0.3 is 0 Å². The van der Waals surface area contributed by atoms with Crippen molar-refractivity contribution in [1.82, 2.24) is 0 Å². The lowest BCUT2D eigenvalue weighted by molar-refractivity contribution is -0.135. The summed E-state index contributed by atoms with van der Waals surface area (Å²) in [5.41, 5.74) is 1.20. The molecular weight excluding hydrogens is 253 g/mol. The molecule has 5 heteroatoms. The Labute approximate surface area is 103 Å². The number of carbonyl (C=O) groups is 1. The Bertz CT molecular complexity index is 413. The monoisotopic (exact) mass is 264 g/mol. The zero-order valence-corrected chi connectivity index (χ0v) is 10.0. The van der Waals surface area contributed by atoms with E-state index in [1.165, 1.54) is 0 Å². The molecule has 0 fully saturated rings. The molecule has 0 N–H and O–H groups in total. The first-order valence-electron chi connectivity index (χ1n) is 5.16. The first-order chi connectivity index (χ1) is 7.79. The van der Waals surface area contributed by atoms with Crippen molar-refractivity contribution in [2.24, 2.45) is 0 Å². The van der Waals surface area contributed by atoms with Gasteiger partial charge in [0.25, 0.3) is 0 Å². The number of alkyl halides is 3. The summed E-state index contributed by atoms with van der Waals surface area (Å²) in [5, 5.41) is 0.294. The average Bonchev–Trinajstić information content (AvgIpc) is 2.15. The van der Waals surface area contributed by atoms with Crippen molar-refractivity contribution in [3.8, 4) is 0 Å². The minimum atomic E-state index is -4.21. The minimum absolute atomic E-state index is 0.137. The molecule has 1 nitrogen and oxygen atoms in total. The van der Waals surface area contributed by atoms with E-state index in [0.29, 0.717) is 10.6 Å². The summed E-state index contributed by atoms with van der Waals surface area (Å²) in [6.07, 6.45) is -5.49. The van der Waals surface area contributed by atoms with Gasteiger partial charge in [-0.15, -0.1) is 0 Å². The van der Waals surface area contributed by atoms with Gasteiger partial charge in [-0.3, -0.25) is 4.79 Å². The lowest BCUT2D eigenvalue weighted by Crippen LogP contribution is -2.08. The van der Waals surface area contributed by atoms with Gasteiger partial charge in [-0.25, -0.2) is 0 Å². The Hall–Kier alpha value is -1.03. The molecule has 1 aromatic rings. The van der Waals surface area contributed by atoms with E-state index in [4.69, 9.17) is 11.6 Å². The molecule has 1 aromatic carbocycles. The Morgan fingerprint density at radius 3 is 2.53 bits per heavy atom. The third-order valence-electron chi connectivity index (χ3n) is 2.29. The summed E-state index contributed by atoms with van der Waals surface area (Å²) < 4.78 is 35.7. The zero-order chi connectivity index (χ0) is 13.1. The summed E-state index contributed by atoms with van der Waals surface area (Å²) in [4.78, 5) is 11.6. The molecule has 0 radical (unpaired) electrons. The van der Waals surface area contributed by atoms with Crippen molar-refractivity contribution in [1.29, 1.82) is 0 Å². The predicted octanol–water partition coefficient (Wildman–Crippen LogP) is 4.56. The highest BCUT2D eigenvalue weighted by Gasteiger charge is 2.26. The third-order valence-corrected chi connectivity index (χ3v) is 2.60. The van der Waals surface area contributed by atoms with Crippen molar-refractivity contribution < 1.29 is 18.0 Å². The van der Waals surface area contributed by atoms with Crippen LogP contribution in [0.1, 0.15) is 35.2 Å². The topological polar surface area (TPSA) is 17.1 Å². The van der Waals surface area contributed by atoms with Gasteiger partial charge in [0.15, 0.2) is 5.78 Å². The van der Waals surface area contributed by atoms with Crippen molar-refractivity contribution in [3.05, 3.63) is 34.3 Å². The molecular formula is C12H12ClF3O. The first kappa shape index (κ1) is 14.0. The highest BCUT2D eigenvalue weighted by Crippen LogP contribution is 2.24. The summed E-state index contributed by atoms with van der Waals surface area (Å²) in [5.74, 6) is -0.348. The van der Waals surface area contributed by atoms with Crippen LogP contribution in [0.15, 0.2) is 18.2 Å². The van der Waals surface area contributed by atoms with E-state index >= 15 is 0 Å². The number of aryl methyl sites for hydroxylation is 1. The second-order valence-electron chi connectivity index (χ2n) is 3.88. The van der Waals surface area contributed by atoms with Crippen LogP contribution in [0.3, 0.4) is 0 Å². The van der Waals surface area contributed by atoms with Crippen LogP contribution in [0.2, 0.25) is 5.02 Å². The van der Waals surface area contributed by atoms with E-state index < -0.39 is 12.6 Å². The number of halogens is 4. The van der Waals surface area contributed by atoms with E-state index in [2.05, 4.69) is 0 Å². The normalized spacial score (nSPS) is 11.6. The van der Waals surface area contributed by atoms with Crippen molar-refractivity contribution >= 4 is 17.4 Å². The van der Waals surface area contributed by atoms with Crippen LogP contribution in [0.25, 0.3) is 0 Å². The van der Waals surface area contributed by atoms with Gasteiger partial charge in [-0.2, -0.15) is 13.2 Å². The van der Waals surface area contributed by atoms with Gasteiger partial charge in [0.1, 0.15) is 0 Å². The van der Waals surface area contributed by atoms with Gasteiger partial charge in [0.2, 0.25) is 0 Å². The van der Waals surface area contributed by atoms with Crippen molar-refractivity contribution in [2.45, 2.75) is 32.4 Å². The second-order valence-corrected chi connectivity index (χ2v) is 4.28. The quantitative estimate of drug-likeness (QED) is 0.729. The highest BCUT2D eigenvalue weighted by molar-refractivity contribution is 6.34. The van der Waals surface area contributed by atoms with Crippen LogP contribution in [0.4, 0.5) is 13.2 Å². The SMILES string of the molecule is Cc1ccc(C(=O)CCCC(F)(F)F)c(Cl)c1. The van der Waals surface area contributed by atoms with E-state index in [-0.39, 0.29) is 18.6 Å². The summed E-state index contributed by atoms with van der Waals surface area (Å²) in [6, 6.07) is 4.88. The molecule has 0 saturated carbocycles. The first-order valence-corrected chi connectivity index (χ1v) is 5.53. The molecule has 0 bridgehead atoms. The highest BCUT2D eigenvalue weighted by atomic mass is 35.5. The smallest absolute Gasteiger partial charge is 0.294 e. The Morgan fingerprint density at radius 2 is 2.00 bits per heavy atom. The molecule has 0 atom stereocenters. The minimum Gasteiger partial charge on any atom is -0.294 e. The van der Waals surface area contributed by atoms with E-state index in [0.717, 1.165) is 5.56 Å². The van der Waals surface area contributed by atoms with E-state index in [1.54, 1.807) is 18.2 Å². The predicted molar refractivity (Wildman–Crippen MR) is 60.4 cm³/mol. The molecule has 0 aliphatic rings. The zero-order valence-electron chi connectivity index (χ0n) is 9.27. The Morgan fingerprint density at radius 1 is 1.35 bits per heavy atom. The molecule has 0 aliphatic heterocycles. The van der Waals surface area contributed by atoms with Gasteiger partial charge in [0, 0.05) is 18.4 Å². The molecule has 0 spiro atoms. The summed E-state index contributed by atoms with van der Waals surface area (Å²) in [6.45, 7) is 1.82. The van der Waals surface area contributed by atoms with Crippen molar-refractivity contribution in [3.63, 3.8) is 0 Å². The maximum Gasteiger partial charge on any atom is 0.389 e. The second kappa shape index (κ2) is 5.54. The van der Waals surface area contributed by atoms with Crippen LogP contribution in [0.5, 0.6) is 0 Å². The van der Waals surface area contributed by atoms with Gasteiger partial charge in [-0.05, 0) is 31.0 Å². The molecule has 94 valence electrons. The number of rotatable bonds is 4. The lowest BCUT2D eigenvalue weighted by atomic mass is 10.0. The van der Waals surface area contributed by atoms with Crippen LogP contribution >= 0.6 is 11.6 Å². The molecule has 17 heavy (non-hydrogen) atoms. The number of carbonyl (C=O) groups excluding carboxylic acids is 1. The molecule has 0 aliphatic carbocycles. The van der Waals surface area contributed by atoms with Crippen LogP contribution in [-0.4, -0.2) is 12.0 Å². The third kappa shape index (κ3) is 4.77. The van der Waals surface area contributed by atoms with E-state index in [9.17, 15) is 18.0 Å². The summed E-state index contributed by atoms with van der Waals surface area (Å²) in [7, 11) is 0. The number of benzene rings is 1. The fourth-order valence-electron chi connectivity index (χ4n) is 1.43. The fourth-order valence-corrected chi connectivity index (χ4v) is 1.77. The molecule has 0 amide bonds. The molecule has 0 unspecified atom stereocenters. The van der Waals surface area contributed by atoms with Crippen LogP contribution in [0, 0.1) is 6.92 Å². The Kier molecular flexibility index (Phi) is 4.57. The Balaban J connectivity index is 2.59. The fraction of sp³-hybridized carbons (Fsp3) is 0.417. The number of Topliss-reactive ketones (excluding diaryl/α,β-unsaturated/α-hetero) is 1. The van der Waals surface area contributed by atoms with Gasteiger partial charge in [0.05, 0.1) is 5.02 Å². The largest absolute Gasteiger partial charge is 0.389 e. The molecule has 0 heterocycles. The number of hydrogen-bond donors (Lipinski definition) is 0. The van der Waals surface area contributed by atoms with Crippen molar-refractivity contribution in [2.75, 3.05) is 0 Å². The van der Waals surface area contributed by atoms with Gasteiger partial charge in [-0.1, -0.05) is 17.7 Å². The maximum atomic E-state index is 11.9. The number of ketones is 1. The average molecular weight is 265 g/mol. The van der Waals surface area contributed by atoms with Gasteiger partial charge >= 0.3 is 6.18 Å². The standard InChI is InChI=1S/C12H12ClF3O/c1-8-4-5-9(10(13)7-8)11(17)3-2-6-12(14,15)16/h4-5,7H,2-3,6H2,1H3. The lowest BCUT2D eigenvalue weighted by Gasteiger charge is -2.06. The van der Waals surface area contributed by atoms with E-state index in [1.807, 2.05) is 6.92 Å². The van der Waals surface area contributed by atoms with Crippen LogP contribution < -0.4 is 0 Å². The number of hydrogen-bond acceptors (Lipinski definition) is 1. The molecule has 0 aromatic heterocycles. The molecule has 0 saturated heterocycles.